The van der Waals surface area contributed by atoms with Gasteiger partial charge in [0.25, 0.3) is 5.91 Å². The maximum Gasteiger partial charge on any atom is 0.254 e. The highest BCUT2D eigenvalue weighted by molar-refractivity contribution is 5.99. The van der Waals surface area contributed by atoms with Gasteiger partial charge in [0.05, 0.1) is 0 Å². The second-order valence-electron chi connectivity index (χ2n) is 7.04. The molecule has 3 aliphatic rings. The summed E-state index contributed by atoms with van der Waals surface area (Å²) in [6, 6.07) is 7.13. The van der Waals surface area contributed by atoms with Gasteiger partial charge in [-0.1, -0.05) is 6.07 Å². The number of benzene rings is 1. The van der Waals surface area contributed by atoms with Crippen LogP contribution in [0.25, 0.3) is 0 Å². The minimum absolute atomic E-state index is 0.163. The molecule has 3 aliphatic heterocycles. The Labute approximate surface area is 138 Å². The molecule has 0 aliphatic carbocycles. The van der Waals surface area contributed by atoms with Gasteiger partial charge in [0, 0.05) is 57.2 Å². The van der Waals surface area contributed by atoms with Crippen molar-refractivity contribution < 1.29 is 4.79 Å². The van der Waals surface area contributed by atoms with Crippen molar-refractivity contribution in [3.63, 3.8) is 0 Å². The molecule has 5 nitrogen and oxygen atoms in total. The Morgan fingerprint density at radius 1 is 1.17 bits per heavy atom. The van der Waals surface area contributed by atoms with E-state index in [1.54, 1.807) is 4.90 Å². The fraction of sp³-hybridized carbons (Fsp3) is 0.611. The van der Waals surface area contributed by atoms with Gasteiger partial charge in [0.15, 0.2) is 0 Å². The monoisotopic (exact) mass is 314 g/mol. The van der Waals surface area contributed by atoms with Gasteiger partial charge in [0.2, 0.25) is 0 Å². The van der Waals surface area contributed by atoms with Crippen molar-refractivity contribution >= 4 is 11.6 Å². The molecule has 1 amide bonds. The molecule has 2 saturated heterocycles. The Morgan fingerprint density at radius 2 is 2.00 bits per heavy atom. The van der Waals surface area contributed by atoms with Crippen LogP contribution in [-0.2, 0) is 6.54 Å². The Bertz CT molecular complexity index is 589. The number of nitrogens with zero attached hydrogens (tertiary/aromatic N) is 3. The average Bonchev–Trinajstić information content (AvgIpc) is 2.90. The van der Waals surface area contributed by atoms with Crippen LogP contribution in [0.4, 0.5) is 5.69 Å². The topological polar surface area (TPSA) is 38.8 Å². The highest BCUT2D eigenvalue weighted by Gasteiger charge is 2.28. The van der Waals surface area contributed by atoms with E-state index in [1.807, 2.05) is 7.05 Å². The fourth-order valence-corrected chi connectivity index (χ4v) is 4.14. The predicted octanol–water partition coefficient (Wildman–Crippen LogP) is 1.49. The Balaban J connectivity index is 1.42. The summed E-state index contributed by atoms with van der Waals surface area (Å²) in [6.07, 6.45) is 3.69. The molecule has 0 bridgehead atoms. The van der Waals surface area contributed by atoms with Crippen LogP contribution in [0.2, 0.25) is 0 Å². The van der Waals surface area contributed by atoms with E-state index in [1.165, 1.54) is 31.5 Å². The van der Waals surface area contributed by atoms with E-state index in [4.69, 9.17) is 0 Å². The molecule has 4 rings (SSSR count). The second kappa shape index (κ2) is 6.13. The van der Waals surface area contributed by atoms with Gasteiger partial charge in [-0.15, -0.1) is 0 Å². The van der Waals surface area contributed by atoms with Crippen molar-refractivity contribution in [1.82, 2.24) is 15.1 Å². The van der Waals surface area contributed by atoms with Crippen LogP contribution < -0.4 is 10.2 Å². The SMILES string of the molecule is CN1Cc2ccc(N3CCC(N4CCCNC4)CC3)cc2C1=O. The number of hydrogen-bond donors (Lipinski definition) is 1. The van der Waals surface area contributed by atoms with E-state index in [0.29, 0.717) is 6.04 Å². The van der Waals surface area contributed by atoms with Crippen molar-refractivity contribution in [2.75, 3.05) is 44.8 Å². The molecule has 1 aromatic rings. The molecule has 2 fully saturated rings. The lowest BCUT2D eigenvalue weighted by Gasteiger charge is -2.41. The summed E-state index contributed by atoms with van der Waals surface area (Å²) in [5, 5.41) is 3.48. The zero-order valence-electron chi connectivity index (χ0n) is 13.9. The maximum atomic E-state index is 12.2. The average molecular weight is 314 g/mol. The molecule has 0 aromatic heterocycles. The summed E-state index contributed by atoms with van der Waals surface area (Å²) in [6.45, 7) is 6.36. The zero-order chi connectivity index (χ0) is 15.8. The largest absolute Gasteiger partial charge is 0.371 e. The number of fused-ring (bicyclic) bond motifs is 1. The number of carbonyl (C=O) groups excluding carboxylic acids is 1. The molecule has 23 heavy (non-hydrogen) atoms. The summed E-state index contributed by atoms with van der Waals surface area (Å²) >= 11 is 0. The van der Waals surface area contributed by atoms with E-state index < -0.39 is 0 Å². The Hall–Kier alpha value is -1.59. The van der Waals surface area contributed by atoms with Crippen LogP contribution in [0, 0.1) is 0 Å². The van der Waals surface area contributed by atoms with Crippen LogP contribution in [0.3, 0.4) is 0 Å². The zero-order valence-corrected chi connectivity index (χ0v) is 13.9. The first kappa shape index (κ1) is 15.0. The molecule has 0 atom stereocenters. The fourth-order valence-electron chi connectivity index (χ4n) is 4.14. The van der Waals surface area contributed by atoms with E-state index >= 15 is 0 Å². The molecule has 0 saturated carbocycles. The van der Waals surface area contributed by atoms with Crippen LogP contribution in [-0.4, -0.2) is 61.6 Å². The molecule has 1 N–H and O–H groups in total. The minimum Gasteiger partial charge on any atom is -0.371 e. The molecule has 0 spiro atoms. The molecule has 5 heteroatoms. The standard InChI is InChI=1S/C18H26N4O/c1-20-12-14-3-4-16(11-17(14)18(20)23)21-9-5-15(6-10-21)22-8-2-7-19-13-22/h3-4,11,15,19H,2,5-10,12-13H2,1H3. The number of amides is 1. The first-order valence-corrected chi connectivity index (χ1v) is 8.80. The quantitative estimate of drug-likeness (QED) is 0.898. The lowest BCUT2D eigenvalue weighted by molar-refractivity contribution is 0.0816. The smallest absolute Gasteiger partial charge is 0.254 e. The van der Waals surface area contributed by atoms with Gasteiger partial charge in [-0.3, -0.25) is 9.69 Å². The van der Waals surface area contributed by atoms with Gasteiger partial charge < -0.3 is 15.1 Å². The van der Waals surface area contributed by atoms with Gasteiger partial charge in [-0.05, 0) is 43.5 Å². The normalized spacial score (nSPS) is 23.4. The van der Waals surface area contributed by atoms with Crippen molar-refractivity contribution in [1.29, 1.82) is 0 Å². The number of carbonyl (C=O) groups is 1. The van der Waals surface area contributed by atoms with Crippen molar-refractivity contribution in [3.05, 3.63) is 29.3 Å². The molecular formula is C18H26N4O. The van der Waals surface area contributed by atoms with Gasteiger partial charge in [0.1, 0.15) is 0 Å². The summed E-state index contributed by atoms with van der Waals surface area (Å²) in [5.41, 5.74) is 3.27. The highest BCUT2D eigenvalue weighted by atomic mass is 16.2. The summed E-state index contributed by atoms with van der Waals surface area (Å²) in [4.78, 5) is 19.0. The van der Waals surface area contributed by atoms with E-state index in [9.17, 15) is 4.79 Å². The van der Waals surface area contributed by atoms with Crippen LogP contribution in [0.5, 0.6) is 0 Å². The molecule has 3 heterocycles. The molecule has 1 aromatic carbocycles. The third-order valence-electron chi connectivity index (χ3n) is 5.54. The number of hydrogen-bond acceptors (Lipinski definition) is 4. The van der Waals surface area contributed by atoms with Crippen LogP contribution in [0.15, 0.2) is 18.2 Å². The lowest BCUT2D eigenvalue weighted by Crippen LogP contribution is -2.51. The first-order chi connectivity index (χ1) is 11.2. The number of nitrogens with one attached hydrogen (secondary N) is 1. The Kier molecular flexibility index (Phi) is 3.99. The van der Waals surface area contributed by atoms with Gasteiger partial charge in [-0.25, -0.2) is 0 Å². The second-order valence-corrected chi connectivity index (χ2v) is 7.04. The lowest BCUT2D eigenvalue weighted by atomic mass is 10.0. The predicted molar refractivity (Wildman–Crippen MR) is 91.7 cm³/mol. The van der Waals surface area contributed by atoms with Gasteiger partial charge >= 0.3 is 0 Å². The van der Waals surface area contributed by atoms with E-state index in [2.05, 4.69) is 33.3 Å². The molecule has 0 radical (unpaired) electrons. The van der Waals surface area contributed by atoms with E-state index in [-0.39, 0.29) is 5.91 Å². The molecule has 0 unspecified atom stereocenters. The number of anilines is 1. The third kappa shape index (κ3) is 2.83. The molecular weight excluding hydrogens is 288 g/mol. The summed E-state index contributed by atoms with van der Waals surface area (Å²) in [5.74, 6) is 0.163. The van der Waals surface area contributed by atoms with E-state index in [0.717, 1.165) is 44.0 Å². The first-order valence-electron chi connectivity index (χ1n) is 8.80. The van der Waals surface area contributed by atoms with Gasteiger partial charge in [-0.2, -0.15) is 0 Å². The Morgan fingerprint density at radius 3 is 2.74 bits per heavy atom. The molecule has 124 valence electrons. The number of rotatable bonds is 2. The van der Waals surface area contributed by atoms with Crippen LogP contribution >= 0.6 is 0 Å². The third-order valence-corrected chi connectivity index (χ3v) is 5.54. The van der Waals surface area contributed by atoms with Crippen molar-refractivity contribution in [3.8, 4) is 0 Å². The number of piperidine rings is 1. The summed E-state index contributed by atoms with van der Waals surface area (Å²) in [7, 11) is 1.88. The summed E-state index contributed by atoms with van der Waals surface area (Å²) < 4.78 is 0. The highest BCUT2D eigenvalue weighted by Crippen LogP contribution is 2.29. The maximum absolute atomic E-state index is 12.2. The van der Waals surface area contributed by atoms with Crippen LogP contribution in [0.1, 0.15) is 35.2 Å². The van der Waals surface area contributed by atoms with Crippen molar-refractivity contribution in [2.24, 2.45) is 0 Å². The van der Waals surface area contributed by atoms with Crippen molar-refractivity contribution in [2.45, 2.75) is 31.8 Å². The minimum atomic E-state index is 0.163.